The average molecular weight is 485 g/mol. The molecule has 0 spiro atoms. The van der Waals surface area contributed by atoms with Gasteiger partial charge in [-0.15, -0.1) is 11.3 Å². The number of aryl methyl sites for hydroxylation is 1. The first kappa shape index (κ1) is 23.6. The number of anilines is 3. The molecule has 0 unspecified atom stereocenters. The summed E-state index contributed by atoms with van der Waals surface area (Å²) < 4.78 is 27.8. The third kappa shape index (κ3) is 5.32. The molecule has 4 rings (SSSR count). The number of nitrogens with one attached hydrogen (secondary N) is 2. The van der Waals surface area contributed by atoms with Crippen molar-refractivity contribution in [1.82, 2.24) is 24.8 Å². The fraction of sp³-hybridized carbons (Fsp3) is 0.364. The number of fused-ring (bicyclic) bond motifs is 1. The zero-order chi connectivity index (χ0) is 24.5. The Labute approximate surface area is 198 Å². The molecule has 1 aliphatic heterocycles. The molecule has 2 N–H and O–H groups in total. The number of carbonyl (C=O) groups is 1. The Morgan fingerprint density at radius 2 is 2.09 bits per heavy atom. The Kier molecular flexibility index (Phi) is 6.49. The standard InChI is InChI=1S/C22H22F2N8OS/c1-12-8-19(31-21(27-12)22(3,23)24)29-16-9-18(28-13(2)33)26-10-14(16)20-30-15-4-6-32(7-5-25)11-17(15)34-20/h8-10H,4,6-7,11H2,1-3H3,(H2,26,27,28,29,31,33). The van der Waals surface area contributed by atoms with Crippen LogP contribution in [0.1, 0.15) is 35.9 Å². The first-order valence-electron chi connectivity index (χ1n) is 10.5. The quantitative estimate of drug-likeness (QED) is 0.504. The number of amides is 1. The smallest absolute Gasteiger partial charge is 0.303 e. The van der Waals surface area contributed by atoms with Crippen LogP contribution < -0.4 is 10.6 Å². The maximum Gasteiger partial charge on any atom is 0.303 e. The minimum absolute atomic E-state index is 0.187. The van der Waals surface area contributed by atoms with Gasteiger partial charge in [0.05, 0.1) is 29.6 Å². The van der Waals surface area contributed by atoms with E-state index < -0.39 is 11.7 Å². The molecule has 34 heavy (non-hydrogen) atoms. The van der Waals surface area contributed by atoms with Crippen LogP contribution in [0.2, 0.25) is 0 Å². The topological polar surface area (TPSA) is 120 Å². The fourth-order valence-corrected chi connectivity index (χ4v) is 4.72. The summed E-state index contributed by atoms with van der Waals surface area (Å²) in [5, 5.41) is 15.4. The second kappa shape index (κ2) is 9.36. The molecule has 0 atom stereocenters. The molecule has 0 saturated heterocycles. The summed E-state index contributed by atoms with van der Waals surface area (Å²) in [7, 11) is 0. The Bertz CT molecular complexity index is 1280. The van der Waals surface area contributed by atoms with E-state index in [9.17, 15) is 13.6 Å². The second-order valence-corrected chi connectivity index (χ2v) is 9.12. The van der Waals surface area contributed by atoms with Gasteiger partial charge < -0.3 is 10.6 Å². The zero-order valence-electron chi connectivity index (χ0n) is 18.8. The van der Waals surface area contributed by atoms with Crippen molar-refractivity contribution >= 4 is 34.6 Å². The van der Waals surface area contributed by atoms with Gasteiger partial charge in [-0.1, -0.05) is 0 Å². The molecule has 0 aliphatic carbocycles. The van der Waals surface area contributed by atoms with Gasteiger partial charge in [0, 0.05) is 62.3 Å². The number of hydrogen-bond acceptors (Lipinski definition) is 9. The highest BCUT2D eigenvalue weighted by atomic mass is 32.1. The Morgan fingerprint density at radius 1 is 1.29 bits per heavy atom. The largest absolute Gasteiger partial charge is 0.339 e. The first-order valence-corrected chi connectivity index (χ1v) is 11.3. The zero-order valence-corrected chi connectivity index (χ0v) is 19.6. The number of thiazole rings is 1. The molecule has 176 valence electrons. The average Bonchev–Trinajstić information content (AvgIpc) is 3.16. The van der Waals surface area contributed by atoms with E-state index in [4.69, 9.17) is 10.2 Å². The van der Waals surface area contributed by atoms with Gasteiger partial charge in [-0.3, -0.25) is 9.69 Å². The summed E-state index contributed by atoms with van der Waals surface area (Å²) in [5.74, 6) is -3.60. The van der Waals surface area contributed by atoms with Crippen LogP contribution in [0, 0.1) is 18.3 Å². The summed E-state index contributed by atoms with van der Waals surface area (Å²) in [6.45, 7) is 5.47. The van der Waals surface area contributed by atoms with E-state index in [1.807, 2.05) is 0 Å². The van der Waals surface area contributed by atoms with Crippen LogP contribution in [0.15, 0.2) is 18.3 Å². The van der Waals surface area contributed by atoms with Crippen molar-refractivity contribution in [2.45, 2.75) is 39.7 Å². The van der Waals surface area contributed by atoms with E-state index in [2.05, 4.69) is 36.6 Å². The van der Waals surface area contributed by atoms with Crippen molar-refractivity contribution in [1.29, 1.82) is 5.26 Å². The molecule has 3 aromatic rings. The monoisotopic (exact) mass is 484 g/mol. The van der Waals surface area contributed by atoms with Crippen LogP contribution in [0.4, 0.5) is 26.1 Å². The maximum absolute atomic E-state index is 13.9. The summed E-state index contributed by atoms with van der Waals surface area (Å²) in [6.07, 6.45) is 2.31. The number of halogens is 2. The highest BCUT2D eigenvalue weighted by molar-refractivity contribution is 7.15. The van der Waals surface area contributed by atoms with Crippen molar-refractivity contribution < 1.29 is 13.6 Å². The highest BCUT2D eigenvalue weighted by Crippen LogP contribution is 2.37. The van der Waals surface area contributed by atoms with Gasteiger partial charge in [0.1, 0.15) is 16.6 Å². The predicted octanol–water partition coefficient (Wildman–Crippen LogP) is 4.00. The van der Waals surface area contributed by atoms with E-state index >= 15 is 0 Å². The molecule has 0 aromatic carbocycles. The molecule has 0 fully saturated rings. The minimum atomic E-state index is -3.20. The number of pyridine rings is 1. The molecular weight excluding hydrogens is 462 g/mol. The number of alkyl halides is 2. The lowest BCUT2D eigenvalue weighted by atomic mass is 10.2. The van der Waals surface area contributed by atoms with Crippen LogP contribution >= 0.6 is 11.3 Å². The van der Waals surface area contributed by atoms with Crippen molar-refractivity contribution in [2.24, 2.45) is 0 Å². The van der Waals surface area contributed by atoms with Gasteiger partial charge in [-0.2, -0.15) is 14.0 Å². The minimum Gasteiger partial charge on any atom is -0.339 e. The van der Waals surface area contributed by atoms with Gasteiger partial charge >= 0.3 is 5.92 Å². The number of carbonyl (C=O) groups excluding carboxylic acids is 1. The van der Waals surface area contributed by atoms with Crippen LogP contribution in [-0.4, -0.2) is 43.8 Å². The molecule has 0 saturated carbocycles. The number of nitrogens with zero attached hydrogens (tertiary/aromatic N) is 6. The number of aromatic nitrogens is 4. The van der Waals surface area contributed by atoms with Crippen LogP contribution in [0.25, 0.3) is 10.6 Å². The van der Waals surface area contributed by atoms with Gasteiger partial charge in [-0.25, -0.2) is 19.9 Å². The van der Waals surface area contributed by atoms with E-state index in [0.29, 0.717) is 40.9 Å². The fourth-order valence-electron chi connectivity index (χ4n) is 3.54. The van der Waals surface area contributed by atoms with Crippen molar-refractivity contribution in [3.63, 3.8) is 0 Å². The Morgan fingerprint density at radius 3 is 2.79 bits per heavy atom. The lowest BCUT2D eigenvalue weighted by Gasteiger charge is -2.22. The van der Waals surface area contributed by atoms with Gasteiger partial charge in [0.2, 0.25) is 11.7 Å². The number of rotatable bonds is 6. The molecule has 0 radical (unpaired) electrons. The molecule has 4 heterocycles. The van der Waals surface area contributed by atoms with Crippen LogP contribution in [0.5, 0.6) is 0 Å². The third-order valence-corrected chi connectivity index (χ3v) is 6.17. The van der Waals surface area contributed by atoms with Crippen LogP contribution in [-0.2, 0) is 23.7 Å². The molecule has 1 amide bonds. The maximum atomic E-state index is 13.9. The molecular formula is C22H22F2N8OS. The van der Waals surface area contributed by atoms with Crippen molar-refractivity contribution in [3.05, 3.63) is 40.4 Å². The van der Waals surface area contributed by atoms with Gasteiger partial charge in [0.25, 0.3) is 0 Å². The predicted molar refractivity (Wildman–Crippen MR) is 124 cm³/mol. The van der Waals surface area contributed by atoms with Crippen molar-refractivity contribution in [2.75, 3.05) is 23.7 Å². The van der Waals surface area contributed by atoms with Crippen molar-refractivity contribution in [3.8, 4) is 16.6 Å². The second-order valence-electron chi connectivity index (χ2n) is 8.04. The van der Waals surface area contributed by atoms with E-state index in [-0.39, 0.29) is 11.7 Å². The lowest BCUT2D eigenvalue weighted by Crippen LogP contribution is -2.30. The third-order valence-electron chi connectivity index (χ3n) is 5.05. The van der Waals surface area contributed by atoms with Crippen LogP contribution in [0.3, 0.4) is 0 Å². The lowest BCUT2D eigenvalue weighted by molar-refractivity contribution is -0.114. The molecule has 1 aliphatic rings. The normalized spacial score (nSPS) is 13.8. The van der Waals surface area contributed by atoms with E-state index in [1.54, 1.807) is 25.3 Å². The molecule has 0 bridgehead atoms. The molecule has 3 aromatic heterocycles. The molecule has 9 nitrogen and oxygen atoms in total. The Balaban J connectivity index is 1.74. The summed E-state index contributed by atoms with van der Waals surface area (Å²) in [6, 6.07) is 5.35. The summed E-state index contributed by atoms with van der Waals surface area (Å²) in [4.78, 5) is 31.6. The first-order chi connectivity index (χ1) is 16.1. The summed E-state index contributed by atoms with van der Waals surface area (Å²) in [5.41, 5.74) is 2.49. The van der Waals surface area contributed by atoms with Gasteiger partial charge in [0.15, 0.2) is 0 Å². The highest BCUT2D eigenvalue weighted by Gasteiger charge is 2.29. The number of hydrogen-bond donors (Lipinski definition) is 2. The van der Waals surface area contributed by atoms with E-state index in [0.717, 1.165) is 30.5 Å². The molecule has 12 heteroatoms. The van der Waals surface area contributed by atoms with Gasteiger partial charge in [-0.05, 0) is 6.92 Å². The summed E-state index contributed by atoms with van der Waals surface area (Å²) >= 11 is 1.49. The van der Waals surface area contributed by atoms with E-state index in [1.165, 1.54) is 18.3 Å². The SMILES string of the molecule is CC(=O)Nc1cc(Nc2cc(C)nc(C(C)(F)F)n2)c(-c2nc3c(s2)CN(CC#N)CC3)cn1. The Hall–Kier alpha value is -3.56. The number of nitriles is 1.